The highest BCUT2D eigenvalue weighted by atomic mass is 35.5. The normalized spacial score (nSPS) is 17.4. The second kappa shape index (κ2) is 6.17. The first kappa shape index (κ1) is 15.0. The molecule has 2 aromatic carbocycles. The van der Waals surface area contributed by atoms with Crippen LogP contribution in [-0.4, -0.2) is 23.5 Å². The molecule has 1 aromatic heterocycles. The van der Waals surface area contributed by atoms with Crippen molar-refractivity contribution in [2.75, 3.05) is 16.8 Å². The topological polar surface area (TPSA) is 58.4 Å². The Morgan fingerprint density at radius 2 is 2.00 bits per heavy atom. The van der Waals surface area contributed by atoms with Crippen LogP contribution in [0.25, 0.3) is 11.1 Å². The van der Waals surface area contributed by atoms with Crippen molar-refractivity contribution >= 4 is 40.3 Å². The summed E-state index contributed by atoms with van der Waals surface area (Å²) in [4.78, 5) is 19.1. The third-order valence-corrected chi connectivity index (χ3v) is 4.49. The van der Waals surface area contributed by atoms with E-state index in [0.717, 1.165) is 30.6 Å². The van der Waals surface area contributed by atoms with Gasteiger partial charge in [-0.05, 0) is 49.2 Å². The number of fused-ring (bicyclic) bond motifs is 1. The van der Waals surface area contributed by atoms with E-state index in [2.05, 4.69) is 15.2 Å². The Labute approximate surface area is 144 Å². The highest BCUT2D eigenvalue weighted by Crippen LogP contribution is 2.28. The molecule has 24 heavy (non-hydrogen) atoms. The number of anilines is 2. The molecular formula is C18H16ClN3O2. The van der Waals surface area contributed by atoms with Gasteiger partial charge in [0.25, 0.3) is 5.91 Å². The van der Waals surface area contributed by atoms with Crippen molar-refractivity contribution in [3.05, 3.63) is 53.6 Å². The van der Waals surface area contributed by atoms with Gasteiger partial charge in [-0.15, -0.1) is 0 Å². The number of rotatable bonds is 3. The number of carbonyl (C=O) groups is 1. The van der Waals surface area contributed by atoms with Crippen LogP contribution in [0.3, 0.4) is 0 Å². The maximum Gasteiger partial charge on any atom is 0.302 e. The lowest BCUT2D eigenvalue weighted by Gasteiger charge is -2.25. The molecule has 6 heteroatoms. The van der Waals surface area contributed by atoms with Crippen molar-refractivity contribution in [1.29, 1.82) is 0 Å². The summed E-state index contributed by atoms with van der Waals surface area (Å²) >= 11 is 5.94. The molecular weight excluding hydrogens is 326 g/mol. The summed E-state index contributed by atoms with van der Waals surface area (Å²) in [5.74, 6) is -0.103. The lowest BCUT2D eigenvalue weighted by atomic mass is 10.2. The van der Waals surface area contributed by atoms with Gasteiger partial charge in [-0.1, -0.05) is 23.7 Å². The van der Waals surface area contributed by atoms with E-state index in [1.165, 1.54) is 0 Å². The molecule has 1 amide bonds. The van der Waals surface area contributed by atoms with E-state index in [4.69, 9.17) is 16.0 Å². The average Bonchev–Trinajstić information content (AvgIpc) is 3.21. The van der Waals surface area contributed by atoms with Gasteiger partial charge in [-0.25, -0.2) is 0 Å². The Morgan fingerprint density at radius 1 is 1.21 bits per heavy atom. The van der Waals surface area contributed by atoms with E-state index < -0.39 is 0 Å². The summed E-state index contributed by atoms with van der Waals surface area (Å²) in [6, 6.07) is 15.0. The molecule has 1 fully saturated rings. The van der Waals surface area contributed by atoms with Crippen molar-refractivity contribution in [3.63, 3.8) is 0 Å². The van der Waals surface area contributed by atoms with Gasteiger partial charge in [0.2, 0.25) is 0 Å². The van der Waals surface area contributed by atoms with Gasteiger partial charge >= 0.3 is 6.01 Å². The van der Waals surface area contributed by atoms with Crippen molar-refractivity contribution in [1.82, 2.24) is 4.98 Å². The quantitative estimate of drug-likeness (QED) is 0.779. The van der Waals surface area contributed by atoms with Crippen LogP contribution in [0.1, 0.15) is 12.8 Å². The minimum atomic E-state index is -0.235. The van der Waals surface area contributed by atoms with Gasteiger partial charge in [0.05, 0.1) is 0 Å². The molecule has 1 N–H and O–H groups in total. The molecule has 0 saturated carbocycles. The zero-order chi connectivity index (χ0) is 16.5. The standard InChI is InChI=1S/C18H16ClN3O2/c19-12-7-9-13(10-8-12)22-11-3-5-15(22)17(23)21-18-20-14-4-1-2-6-16(14)24-18/h1-2,4,6-10,15H,3,5,11H2,(H,20,21,23). The Kier molecular flexibility index (Phi) is 3.86. The summed E-state index contributed by atoms with van der Waals surface area (Å²) in [6.07, 6.45) is 1.77. The largest absolute Gasteiger partial charge is 0.423 e. The summed E-state index contributed by atoms with van der Waals surface area (Å²) in [5, 5.41) is 3.49. The molecule has 0 bridgehead atoms. The number of nitrogens with zero attached hydrogens (tertiary/aromatic N) is 2. The first-order valence-electron chi connectivity index (χ1n) is 7.89. The van der Waals surface area contributed by atoms with Crippen LogP contribution < -0.4 is 10.2 Å². The molecule has 3 aromatic rings. The lowest BCUT2D eigenvalue weighted by molar-refractivity contribution is -0.117. The fourth-order valence-electron chi connectivity index (χ4n) is 3.10. The van der Waals surface area contributed by atoms with Crippen LogP contribution in [0.5, 0.6) is 0 Å². The molecule has 5 nitrogen and oxygen atoms in total. The molecule has 2 heterocycles. The number of nitrogens with one attached hydrogen (secondary N) is 1. The summed E-state index contributed by atoms with van der Waals surface area (Å²) in [5.41, 5.74) is 2.39. The van der Waals surface area contributed by atoms with Crippen LogP contribution in [0.2, 0.25) is 5.02 Å². The zero-order valence-corrected chi connectivity index (χ0v) is 13.7. The molecule has 0 aliphatic carbocycles. The number of hydrogen-bond acceptors (Lipinski definition) is 4. The van der Waals surface area contributed by atoms with Crippen molar-refractivity contribution in [2.24, 2.45) is 0 Å². The maximum atomic E-state index is 12.7. The van der Waals surface area contributed by atoms with E-state index in [1.54, 1.807) is 0 Å². The first-order valence-corrected chi connectivity index (χ1v) is 8.27. The highest BCUT2D eigenvalue weighted by molar-refractivity contribution is 6.30. The van der Waals surface area contributed by atoms with Crippen LogP contribution >= 0.6 is 11.6 Å². The molecule has 1 aliphatic rings. The molecule has 0 radical (unpaired) electrons. The predicted molar refractivity (Wildman–Crippen MR) is 94.5 cm³/mol. The second-order valence-electron chi connectivity index (χ2n) is 5.80. The van der Waals surface area contributed by atoms with E-state index in [-0.39, 0.29) is 18.0 Å². The number of para-hydroxylation sites is 2. The van der Waals surface area contributed by atoms with E-state index in [1.807, 2.05) is 48.5 Å². The van der Waals surface area contributed by atoms with E-state index in [9.17, 15) is 4.79 Å². The maximum absolute atomic E-state index is 12.7. The average molecular weight is 342 g/mol. The van der Waals surface area contributed by atoms with E-state index in [0.29, 0.717) is 10.6 Å². The zero-order valence-electron chi connectivity index (χ0n) is 12.9. The predicted octanol–water partition coefficient (Wildman–Crippen LogP) is 4.09. The molecule has 1 saturated heterocycles. The molecule has 1 unspecified atom stereocenters. The van der Waals surface area contributed by atoms with Crippen molar-refractivity contribution in [2.45, 2.75) is 18.9 Å². The SMILES string of the molecule is O=C(Nc1nc2ccccc2o1)C1CCCN1c1ccc(Cl)cc1. The third kappa shape index (κ3) is 2.83. The Balaban J connectivity index is 1.53. The second-order valence-corrected chi connectivity index (χ2v) is 6.24. The van der Waals surface area contributed by atoms with Gasteiger partial charge in [-0.3, -0.25) is 10.1 Å². The molecule has 4 rings (SSSR count). The Morgan fingerprint density at radius 3 is 2.79 bits per heavy atom. The Hall–Kier alpha value is -2.53. The summed E-state index contributed by atoms with van der Waals surface area (Å²) in [6.45, 7) is 0.841. The smallest absolute Gasteiger partial charge is 0.302 e. The van der Waals surface area contributed by atoms with E-state index >= 15 is 0 Å². The summed E-state index contributed by atoms with van der Waals surface area (Å²) in [7, 11) is 0. The molecule has 0 spiro atoms. The number of halogens is 1. The fraction of sp³-hybridized carbons (Fsp3) is 0.222. The number of benzene rings is 2. The van der Waals surface area contributed by atoms with Crippen molar-refractivity contribution < 1.29 is 9.21 Å². The van der Waals surface area contributed by atoms with Crippen LogP contribution in [0.4, 0.5) is 11.7 Å². The van der Waals surface area contributed by atoms with Crippen LogP contribution in [-0.2, 0) is 4.79 Å². The molecule has 1 atom stereocenters. The van der Waals surface area contributed by atoms with Gasteiger partial charge in [0.1, 0.15) is 11.6 Å². The van der Waals surface area contributed by atoms with Gasteiger partial charge in [0, 0.05) is 17.3 Å². The summed E-state index contributed by atoms with van der Waals surface area (Å²) < 4.78 is 5.58. The number of carbonyl (C=O) groups excluding carboxylic acids is 1. The minimum absolute atomic E-state index is 0.103. The van der Waals surface area contributed by atoms with Gasteiger partial charge < -0.3 is 9.32 Å². The van der Waals surface area contributed by atoms with Gasteiger partial charge in [0.15, 0.2) is 5.58 Å². The third-order valence-electron chi connectivity index (χ3n) is 4.24. The number of aromatic nitrogens is 1. The fourth-order valence-corrected chi connectivity index (χ4v) is 3.22. The molecule has 122 valence electrons. The van der Waals surface area contributed by atoms with Gasteiger partial charge in [-0.2, -0.15) is 4.98 Å². The van der Waals surface area contributed by atoms with Crippen LogP contribution in [0, 0.1) is 0 Å². The monoisotopic (exact) mass is 341 g/mol. The Bertz CT molecular complexity index is 842. The van der Waals surface area contributed by atoms with Crippen molar-refractivity contribution in [3.8, 4) is 0 Å². The first-order chi connectivity index (χ1) is 11.7. The number of oxazole rings is 1. The minimum Gasteiger partial charge on any atom is -0.423 e. The highest BCUT2D eigenvalue weighted by Gasteiger charge is 2.31. The van der Waals surface area contributed by atoms with Crippen LogP contribution in [0.15, 0.2) is 52.9 Å². The number of hydrogen-bond donors (Lipinski definition) is 1. The number of amides is 1. The lowest BCUT2D eigenvalue weighted by Crippen LogP contribution is -2.39. The molecule has 1 aliphatic heterocycles.